The molecular formula is C26H26BrCl2N3O4S. The number of benzene rings is 3. The number of halogens is 3. The Morgan fingerprint density at radius 1 is 0.973 bits per heavy atom. The van der Waals surface area contributed by atoms with Gasteiger partial charge in [0.1, 0.15) is 12.6 Å². The van der Waals surface area contributed by atoms with Gasteiger partial charge in [-0.2, -0.15) is 0 Å². The Morgan fingerprint density at radius 3 is 2.24 bits per heavy atom. The first kappa shape index (κ1) is 29.0. The van der Waals surface area contributed by atoms with E-state index in [1.165, 1.54) is 29.2 Å². The van der Waals surface area contributed by atoms with Gasteiger partial charge in [-0.25, -0.2) is 8.42 Å². The summed E-state index contributed by atoms with van der Waals surface area (Å²) in [4.78, 5) is 27.8. The molecule has 0 aliphatic heterocycles. The first-order valence-corrected chi connectivity index (χ1v) is 14.4. The summed E-state index contributed by atoms with van der Waals surface area (Å²) in [6.07, 6.45) is 0. The molecule has 3 aromatic carbocycles. The third-order valence-corrected chi connectivity index (χ3v) is 8.71. The summed E-state index contributed by atoms with van der Waals surface area (Å²) >= 11 is 16.0. The molecule has 0 aromatic heterocycles. The summed E-state index contributed by atoms with van der Waals surface area (Å²) in [5.74, 6) is -0.941. The van der Waals surface area contributed by atoms with Crippen LogP contribution < -0.4 is 9.62 Å². The Hall–Kier alpha value is -2.59. The largest absolute Gasteiger partial charge is 0.355 e. The highest BCUT2D eigenvalue weighted by molar-refractivity contribution is 9.10. The summed E-state index contributed by atoms with van der Waals surface area (Å²) < 4.78 is 29.2. The zero-order valence-corrected chi connectivity index (χ0v) is 24.1. The van der Waals surface area contributed by atoms with Crippen LogP contribution in [0.3, 0.4) is 0 Å². The third-order valence-electron chi connectivity index (χ3n) is 5.59. The maximum atomic E-state index is 13.8. The zero-order chi connectivity index (χ0) is 27.2. The fourth-order valence-electron chi connectivity index (χ4n) is 3.61. The molecule has 0 unspecified atom stereocenters. The van der Waals surface area contributed by atoms with Crippen LogP contribution in [0, 0.1) is 0 Å². The minimum Gasteiger partial charge on any atom is -0.355 e. The monoisotopic (exact) mass is 625 g/mol. The molecular weight excluding hydrogens is 601 g/mol. The van der Waals surface area contributed by atoms with Gasteiger partial charge in [-0.15, -0.1) is 0 Å². The SMILES string of the molecule is CCNC(=O)[C@@H](C)N(Cc1ccc(Br)cc1)C(=O)CN(c1cccc(Cl)c1Cl)S(=O)(=O)c1ccccc1. The lowest BCUT2D eigenvalue weighted by atomic mass is 10.1. The summed E-state index contributed by atoms with van der Waals surface area (Å²) in [5, 5.41) is 2.86. The second-order valence-corrected chi connectivity index (χ2v) is 11.7. The van der Waals surface area contributed by atoms with Crippen LogP contribution in [0.4, 0.5) is 5.69 Å². The van der Waals surface area contributed by atoms with Crippen LogP contribution in [-0.4, -0.2) is 44.3 Å². The zero-order valence-electron chi connectivity index (χ0n) is 20.2. The van der Waals surface area contributed by atoms with E-state index in [1.54, 1.807) is 38.1 Å². The lowest BCUT2D eigenvalue weighted by Crippen LogP contribution is -2.51. The van der Waals surface area contributed by atoms with E-state index in [-0.39, 0.29) is 33.1 Å². The average molecular weight is 627 g/mol. The average Bonchev–Trinajstić information content (AvgIpc) is 2.88. The van der Waals surface area contributed by atoms with E-state index in [0.29, 0.717) is 6.54 Å². The van der Waals surface area contributed by atoms with Gasteiger partial charge in [0.15, 0.2) is 0 Å². The van der Waals surface area contributed by atoms with Crippen molar-refractivity contribution in [1.29, 1.82) is 0 Å². The van der Waals surface area contributed by atoms with Crippen molar-refractivity contribution in [1.82, 2.24) is 10.2 Å². The second-order valence-electron chi connectivity index (χ2n) is 8.12. The van der Waals surface area contributed by atoms with Crippen molar-refractivity contribution in [2.45, 2.75) is 31.3 Å². The Balaban J connectivity index is 2.06. The van der Waals surface area contributed by atoms with Crippen LogP contribution in [0.2, 0.25) is 10.0 Å². The van der Waals surface area contributed by atoms with E-state index in [2.05, 4.69) is 21.2 Å². The molecule has 37 heavy (non-hydrogen) atoms. The fraction of sp³-hybridized carbons (Fsp3) is 0.231. The highest BCUT2D eigenvalue weighted by atomic mass is 79.9. The van der Waals surface area contributed by atoms with Crippen molar-refractivity contribution in [3.63, 3.8) is 0 Å². The van der Waals surface area contributed by atoms with Gasteiger partial charge in [0, 0.05) is 17.6 Å². The number of nitrogens with zero attached hydrogens (tertiary/aromatic N) is 2. The van der Waals surface area contributed by atoms with Crippen LogP contribution >= 0.6 is 39.1 Å². The van der Waals surface area contributed by atoms with Crippen molar-refractivity contribution in [2.75, 3.05) is 17.4 Å². The number of rotatable bonds is 10. The topological polar surface area (TPSA) is 86.8 Å². The predicted octanol–water partition coefficient (Wildman–Crippen LogP) is 5.50. The number of carbonyl (C=O) groups is 2. The van der Waals surface area contributed by atoms with E-state index >= 15 is 0 Å². The van der Waals surface area contributed by atoms with Gasteiger partial charge in [0.25, 0.3) is 10.0 Å². The first-order chi connectivity index (χ1) is 17.6. The Morgan fingerprint density at radius 2 is 1.62 bits per heavy atom. The lowest BCUT2D eigenvalue weighted by Gasteiger charge is -2.32. The molecule has 0 heterocycles. The molecule has 3 aromatic rings. The van der Waals surface area contributed by atoms with Gasteiger partial charge in [0.2, 0.25) is 11.8 Å². The standard InChI is InChI=1S/C26H26BrCl2N3O4S/c1-3-30-26(34)18(2)31(16-19-12-14-20(27)15-13-19)24(33)17-32(23-11-7-10-22(28)25(23)29)37(35,36)21-8-5-4-6-9-21/h4-15,18H,3,16-17H2,1-2H3,(H,30,34)/t18-/m1/s1. The fourth-order valence-corrected chi connectivity index (χ4v) is 5.77. The molecule has 1 atom stereocenters. The van der Waals surface area contributed by atoms with Crippen molar-refractivity contribution in [3.05, 3.63) is 92.9 Å². The highest BCUT2D eigenvalue weighted by Crippen LogP contribution is 2.35. The predicted molar refractivity (Wildman–Crippen MR) is 150 cm³/mol. The molecule has 0 saturated heterocycles. The number of hydrogen-bond acceptors (Lipinski definition) is 4. The van der Waals surface area contributed by atoms with E-state index in [1.807, 2.05) is 24.3 Å². The van der Waals surface area contributed by atoms with Crippen molar-refractivity contribution in [2.24, 2.45) is 0 Å². The van der Waals surface area contributed by atoms with Gasteiger partial charge < -0.3 is 10.2 Å². The number of anilines is 1. The van der Waals surface area contributed by atoms with Crippen molar-refractivity contribution >= 4 is 66.7 Å². The van der Waals surface area contributed by atoms with Gasteiger partial charge in [-0.3, -0.25) is 13.9 Å². The Labute approximate surface area is 235 Å². The molecule has 3 rings (SSSR count). The molecule has 196 valence electrons. The Bertz CT molecular complexity index is 1360. The van der Waals surface area contributed by atoms with Crippen LogP contribution in [-0.2, 0) is 26.2 Å². The van der Waals surface area contributed by atoms with Crippen molar-refractivity contribution < 1.29 is 18.0 Å². The van der Waals surface area contributed by atoms with Crippen LogP contribution in [0.25, 0.3) is 0 Å². The molecule has 7 nitrogen and oxygen atoms in total. The molecule has 0 radical (unpaired) electrons. The quantitative estimate of drug-likeness (QED) is 0.322. The summed E-state index contributed by atoms with van der Waals surface area (Å²) in [6, 6.07) is 18.7. The van der Waals surface area contributed by atoms with Crippen molar-refractivity contribution in [3.8, 4) is 0 Å². The highest BCUT2D eigenvalue weighted by Gasteiger charge is 2.33. The third kappa shape index (κ3) is 7.04. The second kappa shape index (κ2) is 12.8. The molecule has 0 saturated carbocycles. The number of nitrogens with one attached hydrogen (secondary N) is 1. The van der Waals surface area contributed by atoms with Gasteiger partial charge in [-0.05, 0) is 55.8 Å². The maximum absolute atomic E-state index is 13.8. The summed E-state index contributed by atoms with van der Waals surface area (Å²) in [6.45, 7) is 3.26. The minimum absolute atomic E-state index is 0.00675. The molecule has 1 N–H and O–H groups in total. The summed E-state index contributed by atoms with van der Waals surface area (Å²) in [7, 11) is -4.22. The van der Waals surface area contributed by atoms with E-state index < -0.39 is 28.5 Å². The molecule has 11 heteroatoms. The van der Waals surface area contributed by atoms with Gasteiger partial charge in [0.05, 0.1) is 20.6 Å². The molecule has 2 amide bonds. The van der Waals surface area contributed by atoms with E-state index in [4.69, 9.17) is 23.2 Å². The maximum Gasteiger partial charge on any atom is 0.264 e. The molecule has 0 bridgehead atoms. The number of hydrogen-bond donors (Lipinski definition) is 1. The van der Waals surface area contributed by atoms with Crippen LogP contribution in [0.1, 0.15) is 19.4 Å². The number of amides is 2. The van der Waals surface area contributed by atoms with Gasteiger partial charge >= 0.3 is 0 Å². The van der Waals surface area contributed by atoms with E-state index in [9.17, 15) is 18.0 Å². The van der Waals surface area contributed by atoms with Crippen LogP contribution in [0.5, 0.6) is 0 Å². The first-order valence-electron chi connectivity index (χ1n) is 11.4. The number of carbonyl (C=O) groups excluding carboxylic acids is 2. The number of likely N-dealkylation sites (N-methyl/N-ethyl adjacent to an activating group) is 1. The number of sulfonamides is 1. The minimum atomic E-state index is -4.22. The van der Waals surface area contributed by atoms with Crippen LogP contribution in [0.15, 0.2) is 82.2 Å². The molecule has 0 aliphatic rings. The molecule has 0 fully saturated rings. The lowest BCUT2D eigenvalue weighted by molar-refractivity contribution is -0.139. The molecule has 0 aliphatic carbocycles. The summed E-state index contributed by atoms with van der Waals surface area (Å²) in [5.41, 5.74) is 0.826. The van der Waals surface area contributed by atoms with E-state index in [0.717, 1.165) is 14.3 Å². The van der Waals surface area contributed by atoms with Gasteiger partial charge in [-0.1, -0.05) is 75.5 Å². The molecule has 0 spiro atoms. The Kier molecular flexibility index (Phi) is 10.0. The normalized spacial score (nSPS) is 12.0. The smallest absolute Gasteiger partial charge is 0.264 e.